The third-order valence-electron chi connectivity index (χ3n) is 4.69. The summed E-state index contributed by atoms with van der Waals surface area (Å²) in [5, 5.41) is 3.20. The molecule has 1 heterocycles. The maximum absolute atomic E-state index is 12.3. The third-order valence-corrected chi connectivity index (χ3v) is 4.69. The molecule has 0 atom stereocenters. The van der Waals surface area contributed by atoms with Gasteiger partial charge in [-0.1, -0.05) is 12.1 Å². The minimum Gasteiger partial charge on any atom is -0.493 e. The lowest BCUT2D eigenvalue weighted by molar-refractivity contribution is -0.133. The van der Waals surface area contributed by atoms with Crippen molar-refractivity contribution in [2.45, 2.75) is 39.5 Å². The zero-order chi connectivity index (χ0) is 16.7. The summed E-state index contributed by atoms with van der Waals surface area (Å²) in [6, 6.07) is 6.17. The van der Waals surface area contributed by atoms with Crippen molar-refractivity contribution >= 4 is 18.3 Å². The van der Waals surface area contributed by atoms with Crippen LogP contribution in [-0.2, 0) is 4.79 Å². The van der Waals surface area contributed by atoms with Gasteiger partial charge < -0.3 is 15.0 Å². The van der Waals surface area contributed by atoms with Gasteiger partial charge in [0.1, 0.15) is 5.75 Å². The van der Waals surface area contributed by atoms with E-state index in [9.17, 15) is 4.79 Å². The molecule has 0 aromatic heterocycles. The second-order valence-electron chi connectivity index (χ2n) is 6.58. The lowest BCUT2D eigenvalue weighted by atomic mass is 9.93. The summed E-state index contributed by atoms with van der Waals surface area (Å²) in [6.45, 7) is 7.42. The second-order valence-corrected chi connectivity index (χ2v) is 6.58. The molecule has 2 rings (SSSR count). The first-order valence-corrected chi connectivity index (χ1v) is 8.72. The van der Waals surface area contributed by atoms with Crippen LogP contribution in [0.4, 0.5) is 0 Å². The highest BCUT2D eigenvalue weighted by atomic mass is 35.5. The highest BCUT2D eigenvalue weighted by Gasteiger charge is 2.22. The summed E-state index contributed by atoms with van der Waals surface area (Å²) in [5.41, 5.74) is 2.30. The highest BCUT2D eigenvalue weighted by molar-refractivity contribution is 5.85. The van der Waals surface area contributed by atoms with Crippen LogP contribution in [0.3, 0.4) is 0 Å². The molecule has 1 aromatic rings. The summed E-state index contributed by atoms with van der Waals surface area (Å²) >= 11 is 0. The van der Waals surface area contributed by atoms with E-state index in [1.807, 2.05) is 24.9 Å². The first-order chi connectivity index (χ1) is 11.1. The van der Waals surface area contributed by atoms with Gasteiger partial charge in [0.15, 0.2) is 0 Å². The van der Waals surface area contributed by atoms with Crippen molar-refractivity contribution in [3.05, 3.63) is 29.3 Å². The molecular weight excluding hydrogens is 324 g/mol. The molecule has 1 amide bonds. The van der Waals surface area contributed by atoms with Crippen molar-refractivity contribution in [3.8, 4) is 5.75 Å². The average Bonchev–Trinajstić information content (AvgIpc) is 2.56. The molecule has 1 N–H and O–H groups in total. The van der Waals surface area contributed by atoms with Gasteiger partial charge in [-0.2, -0.15) is 0 Å². The largest absolute Gasteiger partial charge is 0.493 e. The van der Waals surface area contributed by atoms with Crippen molar-refractivity contribution in [2.75, 3.05) is 33.3 Å². The first-order valence-electron chi connectivity index (χ1n) is 8.72. The van der Waals surface area contributed by atoms with Gasteiger partial charge in [-0.25, -0.2) is 0 Å². The Bertz CT molecular complexity index is 514. The molecule has 136 valence electrons. The fourth-order valence-electron chi connectivity index (χ4n) is 3.09. The van der Waals surface area contributed by atoms with E-state index in [-0.39, 0.29) is 18.3 Å². The fourth-order valence-corrected chi connectivity index (χ4v) is 3.09. The Morgan fingerprint density at radius 1 is 1.29 bits per heavy atom. The molecule has 0 saturated carbocycles. The van der Waals surface area contributed by atoms with Crippen molar-refractivity contribution in [1.82, 2.24) is 10.2 Å². The van der Waals surface area contributed by atoms with Crippen LogP contribution in [0.5, 0.6) is 5.75 Å². The van der Waals surface area contributed by atoms with Crippen LogP contribution >= 0.6 is 12.4 Å². The van der Waals surface area contributed by atoms with E-state index in [2.05, 4.69) is 24.4 Å². The Hall–Kier alpha value is -1.26. The van der Waals surface area contributed by atoms with Crippen LogP contribution in [0.15, 0.2) is 18.2 Å². The maximum atomic E-state index is 12.3. The number of hydrogen-bond acceptors (Lipinski definition) is 3. The monoisotopic (exact) mass is 354 g/mol. The molecule has 0 radical (unpaired) electrons. The Morgan fingerprint density at radius 2 is 2.00 bits per heavy atom. The molecule has 24 heavy (non-hydrogen) atoms. The molecule has 0 bridgehead atoms. The van der Waals surface area contributed by atoms with Gasteiger partial charge in [0.2, 0.25) is 5.91 Å². The topological polar surface area (TPSA) is 41.6 Å². The van der Waals surface area contributed by atoms with Gasteiger partial charge in [0.05, 0.1) is 13.0 Å². The van der Waals surface area contributed by atoms with E-state index in [1.54, 1.807) is 0 Å². The number of nitrogens with one attached hydrogen (secondary N) is 1. The molecule has 1 saturated heterocycles. The van der Waals surface area contributed by atoms with Gasteiger partial charge in [0.25, 0.3) is 0 Å². The first kappa shape index (κ1) is 20.8. The number of ether oxygens (including phenoxy) is 1. The maximum Gasteiger partial charge on any atom is 0.225 e. The predicted molar refractivity (Wildman–Crippen MR) is 101 cm³/mol. The average molecular weight is 355 g/mol. The van der Waals surface area contributed by atoms with E-state index in [0.717, 1.165) is 49.7 Å². The zero-order valence-corrected chi connectivity index (χ0v) is 16.0. The number of halogens is 1. The van der Waals surface area contributed by atoms with E-state index >= 15 is 0 Å². The number of hydrogen-bond donors (Lipinski definition) is 1. The van der Waals surface area contributed by atoms with E-state index in [1.165, 1.54) is 12.0 Å². The zero-order valence-electron chi connectivity index (χ0n) is 15.1. The summed E-state index contributed by atoms with van der Waals surface area (Å²) in [4.78, 5) is 14.3. The Morgan fingerprint density at radius 3 is 2.67 bits per heavy atom. The summed E-state index contributed by atoms with van der Waals surface area (Å²) in [5.74, 6) is 1.88. The van der Waals surface area contributed by atoms with Gasteiger partial charge in [0, 0.05) is 13.1 Å². The number of benzene rings is 1. The standard InChI is InChI=1S/C19H30N2O2.ClH/c1-15-4-5-16(2)18(14-15)23-13-9-19(22)21-11-7-17(8-12-21)6-10-20-3;/h4-5,14,17,20H,6-13H2,1-3H3;1H. The van der Waals surface area contributed by atoms with Crippen molar-refractivity contribution in [1.29, 1.82) is 0 Å². The van der Waals surface area contributed by atoms with Crippen molar-refractivity contribution in [3.63, 3.8) is 0 Å². The van der Waals surface area contributed by atoms with E-state index in [4.69, 9.17) is 4.74 Å². The minimum atomic E-state index is 0. The van der Waals surface area contributed by atoms with Gasteiger partial charge in [-0.3, -0.25) is 4.79 Å². The van der Waals surface area contributed by atoms with Crippen LogP contribution in [0.1, 0.15) is 36.8 Å². The number of nitrogens with zero attached hydrogens (tertiary/aromatic N) is 1. The lowest BCUT2D eigenvalue weighted by Gasteiger charge is -2.32. The fraction of sp³-hybridized carbons (Fsp3) is 0.632. The number of aryl methyl sites for hydroxylation is 2. The second kappa shape index (κ2) is 10.6. The number of carbonyl (C=O) groups is 1. The quantitative estimate of drug-likeness (QED) is 0.816. The SMILES string of the molecule is CNCCC1CCN(C(=O)CCOc2cc(C)ccc2C)CC1.Cl. The lowest BCUT2D eigenvalue weighted by Crippen LogP contribution is -2.39. The Kier molecular flexibility index (Phi) is 9.16. The van der Waals surface area contributed by atoms with Crippen LogP contribution < -0.4 is 10.1 Å². The molecule has 0 spiro atoms. The molecule has 0 aliphatic carbocycles. The molecule has 5 heteroatoms. The molecule has 1 aliphatic heterocycles. The van der Waals surface area contributed by atoms with Crippen molar-refractivity contribution < 1.29 is 9.53 Å². The van der Waals surface area contributed by atoms with Gasteiger partial charge >= 0.3 is 0 Å². The molecule has 1 aromatic carbocycles. The van der Waals surface area contributed by atoms with Crippen LogP contribution in [0, 0.1) is 19.8 Å². The van der Waals surface area contributed by atoms with Gasteiger partial charge in [-0.15, -0.1) is 12.4 Å². The summed E-state index contributed by atoms with van der Waals surface area (Å²) < 4.78 is 5.80. The normalized spacial score (nSPS) is 15.0. The number of piperidine rings is 1. The van der Waals surface area contributed by atoms with Gasteiger partial charge in [-0.05, 0) is 69.8 Å². The smallest absolute Gasteiger partial charge is 0.225 e. The van der Waals surface area contributed by atoms with Crippen molar-refractivity contribution in [2.24, 2.45) is 5.92 Å². The molecule has 1 aliphatic rings. The molecule has 1 fully saturated rings. The Balaban J connectivity index is 0.00000288. The summed E-state index contributed by atoms with van der Waals surface area (Å²) in [7, 11) is 1.99. The van der Waals surface area contributed by atoms with E-state index in [0.29, 0.717) is 13.0 Å². The number of rotatable bonds is 7. The molecular formula is C19H31ClN2O2. The third kappa shape index (κ3) is 6.33. The summed E-state index contributed by atoms with van der Waals surface area (Å²) in [6.07, 6.45) is 3.94. The number of carbonyl (C=O) groups excluding carboxylic acids is 1. The van der Waals surface area contributed by atoms with Crippen LogP contribution in [-0.4, -0.2) is 44.1 Å². The Labute approximate surface area is 152 Å². The number of amides is 1. The highest BCUT2D eigenvalue weighted by Crippen LogP contribution is 2.21. The predicted octanol–water partition coefficient (Wildman–Crippen LogP) is 3.34. The molecule has 0 unspecified atom stereocenters. The minimum absolute atomic E-state index is 0. The van der Waals surface area contributed by atoms with E-state index < -0.39 is 0 Å². The van der Waals surface area contributed by atoms with Crippen LogP contribution in [0.2, 0.25) is 0 Å². The number of likely N-dealkylation sites (tertiary alicyclic amines) is 1. The van der Waals surface area contributed by atoms with Crippen LogP contribution in [0.25, 0.3) is 0 Å². The molecule has 4 nitrogen and oxygen atoms in total.